The molecule has 4 heteroatoms. The second kappa shape index (κ2) is 12.9. The van der Waals surface area contributed by atoms with Crippen molar-refractivity contribution in [1.29, 1.82) is 0 Å². The molecule has 0 bridgehead atoms. The van der Waals surface area contributed by atoms with Gasteiger partial charge in [-0.2, -0.15) is 0 Å². The molecule has 1 rings (SSSR count). The van der Waals surface area contributed by atoms with Gasteiger partial charge in [0.1, 0.15) is 6.10 Å². The van der Waals surface area contributed by atoms with E-state index in [4.69, 9.17) is 4.74 Å². The maximum atomic E-state index is 12.6. The highest BCUT2D eigenvalue weighted by atomic mass is 16.5. The maximum absolute atomic E-state index is 12.6. The fourth-order valence-electron chi connectivity index (χ4n) is 3.61. The molecule has 0 spiro atoms. The first-order valence-corrected chi connectivity index (χ1v) is 10.6. The van der Waals surface area contributed by atoms with Crippen LogP contribution in [0.5, 0.6) is 0 Å². The number of carboxylic acids is 1. The van der Waals surface area contributed by atoms with Crippen LogP contribution in [-0.2, 0) is 14.3 Å². The molecular weight excluding hydrogens is 328 g/mol. The average molecular weight is 367 g/mol. The molecule has 1 aliphatic carbocycles. The summed E-state index contributed by atoms with van der Waals surface area (Å²) >= 11 is 0. The predicted molar refractivity (Wildman–Crippen MR) is 105 cm³/mol. The van der Waals surface area contributed by atoms with Gasteiger partial charge in [0.05, 0.1) is 11.8 Å². The molecule has 0 aromatic carbocycles. The minimum absolute atomic E-state index is 0.0940. The number of rotatable bonds is 13. The SMILES string of the molecule is CCCCCCCCCC(OC(=O)C1CC=CCC1C(=O)O)C(C)CC. The van der Waals surface area contributed by atoms with Crippen LogP contribution in [0.1, 0.15) is 91.4 Å². The number of hydrogen-bond acceptors (Lipinski definition) is 3. The van der Waals surface area contributed by atoms with Crippen molar-refractivity contribution in [2.24, 2.45) is 17.8 Å². The van der Waals surface area contributed by atoms with Crippen LogP contribution in [0.15, 0.2) is 12.2 Å². The molecule has 4 nitrogen and oxygen atoms in total. The van der Waals surface area contributed by atoms with E-state index >= 15 is 0 Å². The summed E-state index contributed by atoms with van der Waals surface area (Å²) in [6, 6.07) is 0. The Bertz CT molecular complexity index is 443. The molecule has 1 N–H and O–H groups in total. The molecule has 0 saturated carbocycles. The van der Waals surface area contributed by atoms with Crippen LogP contribution in [0.2, 0.25) is 0 Å². The minimum atomic E-state index is -0.900. The standard InChI is InChI=1S/C22H38O4/c1-4-6-7-8-9-10-11-16-20(17(3)5-2)26-22(25)19-15-13-12-14-18(19)21(23)24/h12-13,17-20H,4-11,14-16H2,1-3H3,(H,23,24). The van der Waals surface area contributed by atoms with Crippen molar-refractivity contribution in [2.75, 3.05) is 0 Å². The van der Waals surface area contributed by atoms with Gasteiger partial charge in [-0.05, 0) is 31.6 Å². The highest BCUT2D eigenvalue weighted by Gasteiger charge is 2.36. The first-order chi connectivity index (χ1) is 12.5. The van der Waals surface area contributed by atoms with Gasteiger partial charge in [-0.25, -0.2) is 0 Å². The van der Waals surface area contributed by atoms with E-state index in [2.05, 4.69) is 20.8 Å². The summed E-state index contributed by atoms with van der Waals surface area (Å²) in [5.41, 5.74) is 0. The van der Waals surface area contributed by atoms with Gasteiger partial charge < -0.3 is 9.84 Å². The molecule has 26 heavy (non-hydrogen) atoms. The fraction of sp³-hybridized carbons (Fsp3) is 0.818. The Morgan fingerprint density at radius 2 is 1.58 bits per heavy atom. The van der Waals surface area contributed by atoms with Gasteiger partial charge in [0, 0.05) is 0 Å². The molecule has 0 aliphatic heterocycles. The molecule has 0 heterocycles. The number of ether oxygens (including phenoxy) is 1. The second-order valence-electron chi connectivity index (χ2n) is 7.76. The maximum Gasteiger partial charge on any atom is 0.310 e. The van der Waals surface area contributed by atoms with Crippen molar-refractivity contribution in [1.82, 2.24) is 0 Å². The van der Waals surface area contributed by atoms with Crippen molar-refractivity contribution in [2.45, 2.75) is 97.5 Å². The van der Waals surface area contributed by atoms with Gasteiger partial charge in [0.2, 0.25) is 0 Å². The zero-order chi connectivity index (χ0) is 19.4. The van der Waals surface area contributed by atoms with E-state index in [9.17, 15) is 14.7 Å². The third kappa shape index (κ3) is 7.92. The third-order valence-electron chi connectivity index (χ3n) is 5.69. The lowest BCUT2D eigenvalue weighted by atomic mass is 9.83. The Labute approximate surface area is 159 Å². The summed E-state index contributed by atoms with van der Waals surface area (Å²) in [4.78, 5) is 24.1. The van der Waals surface area contributed by atoms with Crippen molar-refractivity contribution in [3.63, 3.8) is 0 Å². The van der Waals surface area contributed by atoms with Crippen LogP contribution in [0.4, 0.5) is 0 Å². The number of allylic oxidation sites excluding steroid dienone is 2. The molecule has 0 amide bonds. The van der Waals surface area contributed by atoms with Gasteiger partial charge in [0.25, 0.3) is 0 Å². The van der Waals surface area contributed by atoms with Crippen LogP contribution in [0.25, 0.3) is 0 Å². The van der Waals surface area contributed by atoms with Crippen molar-refractivity contribution in [3.8, 4) is 0 Å². The van der Waals surface area contributed by atoms with E-state index in [-0.39, 0.29) is 12.1 Å². The lowest BCUT2D eigenvalue weighted by molar-refractivity contribution is -0.164. The van der Waals surface area contributed by atoms with Gasteiger partial charge >= 0.3 is 11.9 Å². The zero-order valence-electron chi connectivity index (χ0n) is 16.9. The predicted octanol–water partition coefficient (Wildman–Crippen LogP) is 5.75. The summed E-state index contributed by atoms with van der Waals surface area (Å²) in [7, 11) is 0. The molecule has 1 aliphatic rings. The molecule has 4 unspecified atom stereocenters. The molecule has 0 aromatic rings. The first-order valence-electron chi connectivity index (χ1n) is 10.6. The monoisotopic (exact) mass is 366 g/mol. The van der Waals surface area contributed by atoms with Crippen molar-refractivity contribution < 1.29 is 19.4 Å². The zero-order valence-corrected chi connectivity index (χ0v) is 16.9. The van der Waals surface area contributed by atoms with Crippen molar-refractivity contribution in [3.05, 3.63) is 12.2 Å². The fourth-order valence-corrected chi connectivity index (χ4v) is 3.61. The van der Waals surface area contributed by atoms with Gasteiger partial charge in [-0.3, -0.25) is 9.59 Å². The van der Waals surface area contributed by atoms with Crippen LogP contribution < -0.4 is 0 Å². The summed E-state index contributed by atoms with van der Waals surface area (Å²) in [5, 5.41) is 9.37. The number of hydrogen-bond donors (Lipinski definition) is 1. The smallest absolute Gasteiger partial charge is 0.310 e. The summed E-state index contributed by atoms with van der Waals surface area (Å²) in [6.07, 6.45) is 15.1. The number of carbonyl (C=O) groups is 2. The summed E-state index contributed by atoms with van der Waals surface area (Å²) < 4.78 is 5.83. The van der Waals surface area contributed by atoms with Gasteiger partial charge in [-0.15, -0.1) is 0 Å². The van der Waals surface area contributed by atoms with Crippen LogP contribution in [-0.4, -0.2) is 23.1 Å². The van der Waals surface area contributed by atoms with E-state index < -0.39 is 17.8 Å². The lowest BCUT2D eigenvalue weighted by Crippen LogP contribution is -2.36. The topological polar surface area (TPSA) is 63.6 Å². The number of carboxylic acid groups (broad SMARTS) is 1. The Morgan fingerprint density at radius 1 is 1.00 bits per heavy atom. The van der Waals surface area contributed by atoms with E-state index in [0.717, 1.165) is 19.3 Å². The summed E-state index contributed by atoms with van der Waals surface area (Å²) in [5.74, 6) is -2.11. The quantitative estimate of drug-likeness (QED) is 0.256. The molecule has 150 valence electrons. The third-order valence-corrected chi connectivity index (χ3v) is 5.69. The van der Waals surface area contributed by atoms with Gasteiger partial charge in [-0.1, -0.05) is 77.9 Å². The normalized spacial score (nSPS) is 22.0. The number of aliphatic carboxylic acids is 1. The number of unbranched alkanes of at least 4 members (excludes halogenated alkanes) is 6. The molecule has 0 saturated heterocycles. The molecule has 0 fully saturated rings. The Hall–Kier alpha value is -1.32. The number of esters is 1. The highest BCUT2D eigenvalue weighted by Crippen LogP contribution is 2.29. The van der Waals surface area contributed by atoms with E-state index in [1.54, 1.807) is 0 Å². The van der Waals surface area contributed by atoms with E-state index in [1.165, 1.54) is 38.5 Å². The minimum Gasteiger partial charge on any atom is -0.481 e. The largest absolute Gasteiger partial charge is 0.481 e. The number of carbonyl (C=O) groups excluding carboxylic acids is 1. The lowest BCUT2D eigenvalue weighted by Gasteiger charge is -2.28. The summed E-state index contributed by atoms with van der Waals surface area (Å²) in [6.45, 7) is 6.45. The highest BCUT2D eigenvalue weighted by molar-refractivity contribution is 5.81. The Balaban J connectivity index is 2.49. The van der Waals surface area contributed by atoms with Gasteiger partial charge in [0.15, 0.2) is 0 Å². The molecular formula is C22H38O4. The first kappa shape index (κ1) is 22.7. The Morgan fingerprint density at radius 3 is 2.15 bits per heavy atom. The average Bonchev–Trinajstić information content (AvgIpc) is 2.65. The van der Waals surface area contributed by atoms with Crippen LogP contribution in [0, 0.1) is 17.8 Å². The van der Waals surface area contributed by atoms with E-state index in [1.807, 2.05) is 12.2 Å². The van der Waals surface area contributed by atoms with Crippen molar-refractivity contribution >= 4 is 11.9 Å². The second-order valence-corrected chi connectivity index (χ2v) is 7.76. The Kier molecular flexibility index (Phi) is 11.3. The van der Waals surface area contributed by atoms with E-state index in [0.29, 0.717) is 18.8 Å². The molecule has 4 atom stereocenters. The van der Waals surface area contributed by atoms with Crippen LogP contribution in [0.3, 0.4) is 0 Å². The van der Waals surface area contributed by atoms with Crippen LogP contribution >= 0.6 is 0 Å². The molecule has 0 aromatic heterocycles. The molecule has 0 radical (unpaired) electrons.